The maximum Gasteiger partial charge on any atom is 0.0705 e. The SMILES string of the molecule is Cc1ccc(-c2cc(-c3ccccc3)ccc2C)nc1. The highest BCUT2D eigenvalue weighted by Crippen LogP contribution is 2.28. The molecule has 20 heavy (non-hydrogen) atoms. The van der Waals surface area contributed by atoms with Crippen LogP contribution in [0.15, 0.2) is 66.9 Å². The Morgan fingerprint density at radius 3 is 2.25 bits per heavy atom. The molecule has 0 atom stereocenters. The zero-order valence-corrected chi connectivity index (χ0v) is 11.8. The average molecular weight is 259 g/mol. The van der Waals surface area contributed by atoms with Crippen LogP contribution in [0.4, 0.5) is 0 Å². The van der Waals surface area contributed by atoms with E-state index in [2.05, 4.69) is 73.4 Å². The van der Waals surface area contributed by atoms with Gasteiger partial charge >= 0.3 is 0 Å². The van der Waals surface area contributed by atoms with Gasteiger partial charge in [-0.15, -0.1) is 0 Å². The first-order valence-corrected chi connectivity index (χ1v) is 6.83. The second-order valence-corrected chi connectivity index (χ2v) is 5.12. The van der Waals surface area contributed by atoms with E-state index in [0.29, 0.717) is 0 Å². The normalized spacial score (nSPS) is 10.5. The van der Waals surface area contributed by atoms with Gasteiger partial charge in [-0.1, -0.05) is 48.5 Å². The largest absolute Gasteiger partial charge is 0.256 e. The zero-order chi connectivity index (χ0) is 13.9. The molecule has 0 N–H and O–H groups in total. The molecular formula is C19H17N. The topological polar surface area (TPSA) is 12.9 Å². The number of aryl methyl sites for hydroxylation is 2. The minimum atomic E-state index is 1.03. The highest BCUT2D eigenvalue weighted by atomic mass is 14.7. The maximum atomic E-state index is 4.54. The number of hydrogen-bond donors (Lipinski definition) is 0. The first kappa shape index (κ1) is 12.6. The average Bonchev–Trinajstić information content (AvgIpc) is 2.50. The first-order chi connectivity index (χ1) is 9.74. The fraction of sp³-hybridized carbons (Fsp3) is 0.105. The molecule has 0 saturated carbocycles. The molecule has 0 amide bonds. The summed E-state index contributed by atoms with van der Waals surface area (Å²) in [5, 5.41) is 0. The van der Waals surface area contributed by atoms with Crippen LogP contribution < -0.4 is 0 Å². The van der Waals surface area contributed by atoms with Gasteiger partial charge < -0.3 is 0 Å². The Labute approximate surface area is 119 Å². The first-order valence-electron chi connectivity index (χ1n) is 6.83. The summed E-state index contributed by atoms with van der Waals surface area (Å²) in [6.45, 7) is 4.19. The second-order valence-electron chi connectivity index (χ2n) is 5.12. The van der Waals surface area contributed by atoms with Gasteiger partial charge in [-0.2, -0.15) is 0 Å². The van der Waals surface area contributed by atoms with Crippen LogP contribution in [0.5, 0.6) is 0 Å². The van der Waals surface area contributed by atoms with Crippen LogP contribution >= 0.6 is 0 Å². The molecule has 0 unspecified atom stereocenters. The maximum absolute atomic E-state index is 4.54. The number of nitrogens with zero attached hydrogens (tertiary/aromatic N) is 1. The third-order valence-corrected chi connectivity index (χ3v) is 3.53. The van der Waals surface area contributed by atoms with Crippen molar-refractivity contribution in [2.75, 3.05) is 0 Å². The smallest absolute Gasteiger partial charge is 0.0705 e. The molecule has 3 aromatic rings. The van der Waals surface area contributed by atoms with E-state index in [-0.39, 0.29) is 0 Å². The third kappa shape index (κ3) is 2.48. The molecule has 3 rings (SSSR count). The minimum Gasteiger partial charge on any atom is -0.256 e. The van der Waals surface area contributed by atoms with E-state index in [1.165, 1.54) is 27.8 Å². The molecule has 0 saturated heterocycles. The summed E-state index contributed by atoms with van der Waals surface area (Å²) in [6, 6.07) is 21.2. The highest BCUT2D eigenvalue weighted by molar-refractivity contribution is 5.73. The van der Waals surface area contributed by atoms with Crippen LogP contribution in [-0.2, 0) is 0 Å². The Morgan fingerprint density at radius 2 is 1.55 bits per heavy atom. The molecule has 1 heteroatoms. The predicted octanol–water partition coefficient (Wildman–Crippen LogP) is 5.03. The van der Waals surface area contributed by atoms with Gasteiger partial charge in [0.2, 0.25) is 0 Å². The summed E-state index contributed by atoms with van der Waals surface area (Å²) >= 11 is 0. The number of benzene rings is 2. The van der Waals surface area contributed by atoms with Gasteiger partial charge in [-0.25, -0.2) is 0 Å². The summed E-state index contributed by atoms with van der Waals surface area (Å²) in [5.74, 6) is 0. The highest BCUT2D eigenvalue weighted by Gasteiger charge is 2.06. The van der Waals surface area contributed by atoms with Crippen LogP contribution in [0.3, 0.4) is 0 Å². The molecule has 0 radical (unpaired) electrons. The van der Waals surface area contributed by atoms with Crippen LogP contribution in [0.25, 0.3) is 22.4 Å². The van der Waals surface area contributed by atoms with Gasteiger partial charge in [0.05, 0.1) is 5.69 Å². The van der Waals surface area contributed by atoms with Crippen LogP contribution in [0, 0.1) is 13.8 Å². The molecule has 0 bridgehead atoms. The van der Waals surface area contributed by atoms with E-state index in [1.807, 2.05) is 12.3 Å². The van der Waals surface area contributed by atoms with Gasteiger partial charge in [0.15, 0.2) is 0 Å². The molecular weight excluding hydrogens is 242 g/mol. The zero-order valence-electron chi connectivity index (χ0n) is 11.8. The van der Waals surface area contributed by atoms with Gasteiger partial charge in [-0.05, 0) is 48.2 Å². The molecule has 2 aromatic carbocycles. The third-order valence-electron chi connectivity index (χ3n) is 3.53. The summed E-state index contributed by atoms with van der Waals surface area (Å²) in [6.07, 6.45) is 1.92. The van der Waals surface area contributed by atoms with Crippen molar-refractivity contribution in [3.63, 3.8) is 0 Å². The molecule has 1 aromatic heterocycles. The van der Waals surface area contributed by atoms with Crippen molar-refractivity contribution in [3.05, 3.63) is 78.0 Å². The van der Waals surface area contributed by atoms with Gasteiger partial charge in [0.1, 0.15) is 0 Å². The number of pyridine rings is 1. The lowest BCUT2D eigenvalue weighted by Gasteiger charge is -2.09. The predicted molar refractivity (Wildman–Crippen MR) is 84.6 cm³/mol. The summed E-state index contributed by atoms with van der Waals surface area (Å²) < 4.78 is 0. The fourth-order valence-electron chi connectivity index (χ4n) is 2.34. The van der Waals surface area contributed by atoms with Crippen LogP contribution in [0.1, 0.15) is 11.1 Å². The number of rotatable bonds is 2. The molecule has 0 spiro atoms. The lowest BCUT2D eigenvalue weighted by atomic mass is 9.97. The van der Waals surface area contributed by atoms with Crippen molar-refractivity contribution in [1.29, 1.82) is 0 Å². The summed E-state index contributed by atoms with van der Waals surface area (Å²) in [5.41, 5.74) is 7.14. The van der Waals surface area contributed by atoms with Gasteiger partial charge in [-0.3, -0.25) is 4.98 Å². The van der Waals surface area contributed by atoms with E-state index < -0.39 is 0 Å². The Hall–Kier alpha value is -2.41. The molecule has 0 aliphatic carbocycles. The fourth-order valence-corrected chi connectivity index (χ4v) is 2.34. The Bertz CT molecular complexity index is 713. The lowest BCUT2D eigenvalue weighted by Crippen LogP contribution is -1.89. The Morgan fingerprint density at radius 1 is 0.750 bits per heavy atom. The van der Waals surface area contributed by atoms with Crippen molar-refractivity contribution >= 4 is 0 Å². The molecule has 0 fully saturated rings. The van der Waals surface area contributed by atoms with E-state index >= 15 is 0 Å². The van der Waals surface area contributed by atoms with Crippen molar-refractivity contribution in [1.82, 2.24) is 4.98 Å². The van der Waals surface area contributed by atoms with Crippen molar-refractivity contribution in [2.24, 2.45) is 0 Å². The Balaban J connectivity index is 2.10. The Kier molecular flexibility index (Phi) is 3.34. The van der Waals surface area contributed by atoms with E-state index in [4.69, 9.17) is 0 Å². The lowest BCUT2D eigenvalue weighted by molar-refractivity contribution is 1.26. The van der Waals surface area contributed by atoms with Crippen molar-refractivity contribution < 1.29 is 0 Å². The second kappa shape index (κ2) is 5.30. The molecule has 1 heterocycles. The van der Waals surface area contributed by atoms with E-state index in [0.717, 1.165) is 5.69 Å². The van der Waals surface area contributed by atoms with Gasteiger partial charge in [0, 0.05) is 11.8 Å². The monoisotopic (exact) mass is 259 g/mol. The van der Waals surface area contributed by atoms with Crippen molar-refractivity contribution in [2.45, 2.75) is 13.8 Å². The number of hydrogen-bond acceptors (Lipinski definition) is 1. The molecule has 0 aliphatic rings. The quantitative estimate of drug-likeness (QED) is 0.628. The summed E-state index contributed by atoms with van der Waals surface area (Å²) in [4.78, 5) is 4.54. The summed E-state index contributed by atoms with van der Waals surface area (Å²) in [7, 11) is 0. The van der Waals surface area contributed by atoms with E-state index in [9.17, 15) is 0 Å². The van der Waals surface area contributed by atoms with Crippen molar-refractivity contribution in [3.8, 4) is 22.4 Å². The standard InChI is InChI=1S/C19H17N/c1-14-8-11-19(20-13-14)18-12-17(10-9-15(18)2)16-6-4-3-5-7-16/h3-13H,1-2H3. The molecule has 98 valence electrons. The van der Waals surface area contributed by atoms with E-state index in [1.54, 1.807) is 0 Å². The molecule has 1 nitrogen and oxygen atoms in total. The van der Waals surface area contributed by atoms with Gasteiger partial charge in [0.25, 0.3) is 0 Å². The minimum absolute atomic E-state index is 1.03. The number of aromatic nitrogens is 1. The van der Waals surface area contributed by atoms with Crippen LogP contribution in [-0.4, -0.2) is 4.98 Å². The van der Waals surface area contributed by atoms with Crippen LogP contribution in [0.2, 0.25) is 0 Å². The molecule has 0 aliphatic heterocycles.